The van der Waals surface area contributed by atoms with Gasteiger partial charge in [-0.15, -0.1) is 11.8 Å². The number of carbonyl (C=O) groups is 3. The summed E-state index contributed by atoms with van der Waals surface area (Å²) in [6.45, 7) is 2.01. The van der Waals surface area contributed by atoms with Gasteiger partial charge in [0, 0.05) is 18.7 Å². The molecule has 0 aliphatic carbocycles. The van der Waals surface area contributed by atoms with Gasteiger partial charge < -0.3 is 24.4 Å². The number of fused-ring (bicyclic) bond motifs is 1. The number of thioether (sulfide) groups is 1. The number of carbonyl (C=O) groups excluding carboxylic acids is 3. The summed E-state index contributed by atoms with van der Waals surface area (Å²) in [5.74, 6) is 0.848. The topological polar surface area (TPSA) is 94.2 Å². The molecule has 0 radical (unpaired) electrons. The third kappa shape index (κ3) is 4.60. The van der Waals surface area contributed by atoms with Crippen molar-refractivity contribution < 1.29 is 28.6 Å². The molecule has 1 aromatic rings. The average Bonchev–Trinajstić information content (AvgIpc) is 3.21. The van der Waals surface area contributed by atoms with E-state index < -0.39 is 12.0 Å². The Morgan fingerprint density at radius 2 is 2.03 bits per heavy atom. The molecule has 29 heavy (non-hydrogen) atoms. The predicted octanol–water partition coefficient (Wildman–Crippen LogP) is 1.36. The summed E-state index contributed by atoms with van der Waals surface area (Å²) in [4.78, 5) is 37.8. The molecule has 2 saturated heterocycles. The summed E-state index contributed by atoms with van der Waals surface area (Å²) in [5.41, 5.74) is 0.981. The molecule has 1 N–H and O–H groups in total. The molecule has 9 heteroatoms. The molecular weight excluding hydrogens is 396 g/mol. The van der Waals surface area contributed by atoms with Gasteiger partial charge in [-0.2, -0.15) is 0 Å². The zero-order chi connectivity index (χ0) is 21.0. The zero-order valence-electron chi connectivity index (χ0n) is 16.9. The van der Waals surface area contributed by atoms with Crippen molar-refractivity contribution in [2.45, 2.75) is 37.1 Å². The number of nitrogens with one attached hydrogen (secondary N) is 1. The maximum Gasteiger partial charge on any atom is 0.330 e. The van der Waals surface area contributed by atoms with Crippen molar-refractivity contribution >= 4 is 29.5 Å². The highest BCUT2D eigenvalue weighted by atomic mass is 32.2. The van der Waals surface area contributed by atoms with E-state index in [0.29, 0.717) is 36.6 Å². The molecule has 158 valence electrons. The van der Waals surface area contributed by atoms with Crippen LogP contribution in [0, 0.1) is 0 Å². The smallest absolute Gasteiger partial charge is 0.330 e. The minimum Gasteiger partial charge on any atom is -0.493 e. The summed E-state index contributed by atoms with van der Waals surface area (Å²) < 4.78 is 15.6. The fraction of sp³-hybridized carbons (Fsp3) is 0.550. The third-order valence-electron chi connectivity index (χ3n) is 5.25. The van der Waals surface area contributed by atoms with Gasteiger partial charge in [-0.1, -0.05) is 6.07 Å². The first-order chi connectivity index (χ1) is 13.9. The van der Waals surface area contributed by atoms with E-state index >= 15 is 0 Å². The minimum atomic E-state index is -0.612. The number of methoxy groups -OCH3 is 2. The Hall–Kier alpha value is -2.42. The molecule has 8 nitrogen and oxygen atoms in total. The lowest BCUT2D eigenvalue weighted by Crippen LogP contribution is -2.47. The highest BCUT2D eigenvalue weighted by Crippen LogP contribution is 2.47. The second-order valence-corrected chi connectivity index (χ2v) is 8.66. The quantitative estimate of drug-likeness (QED) is 0.632. The molecule has 0 unspecified atom stereocenters. The first-order valence-electron chi connectivity index (χ1n) is 9.48. The van der Waals surface area contributed by atoms with Crippen LogP contribution in [0.15, 0.2) is 18.2 Å². The number of rotatable bonds is 8. The average molecular weight is 423 g/mol. The van der Waals surface area contributed by atoms with Crippen LogP contribution in [0.2, 0.25) is 0 Å². The Bertz CT molecular complexity index is 801. The van der Waals surface area contributed by atoms with Crippen molar-refractivity contribution in [2.24, 2.45) is 0 Å². The van der Waals surface area contributed by atoms with Gasteiger partial charge in [-0.25, -0.2) is 4.79 Å². The van der Waals surface area contributed by atoms with Crippen molar-refractivity contribution in [3.05, 3.63) is 23.8 Å². The van der Waals surface area contributed by atoms with E-state index in [0.717, 1.165) is 12.0 Å². The van der Waals surface area contributed by atoms with Crippen molar-refractivity contribution in [3.8, 4) is 11.5 Å². The second kappa shape index (κ2) is 8.94. The Labute approximate surface area is 174 Å². The predicted molar refractivity (Wildman–Crippen MR) is 108 cm³/mol. The molecule has 2 aliphatic rings. The van der Waals surface area contributed by atoms with Gasteiger partial charge in [-0.3, -0.25) is 9.59 Å². The number of hydrogen-bond donors (Lipinski definition) is 1. The van der Waals surface area contributed by atoms with Crippen LogP contribution in [0.1, 0.15) is 25.3 Å². The number of ether oxygens (including phenoxy) is 3. The number of nitrogens with zero attached hydrogens (tertiary/aromatic N) is 1. The van der Waals surface area contributed by atoms with E-state index in [1.165, 1.54) is 0 Å². The standard InChI is InChI=1S/C20H26N2O6S/c1-20-8-6-18(24)22(20)14(12-29-20)19(25)28-11-17(23)21-9-7-13-4-5-15(26-2)16(10-13)27-3/h4-5,10,14H,6-9,11-12H2,1-3H3,(H,21,23)/t14-,20-/m1/s1. The number of esters is 1. The highest BCUT2D eigenvalue weighted by Gasteiger charge is 2.53. The van der Waals surface area contributed by atoms with Crippen LogP contribution in [0.4, 0.5) is 0 Å². The fourth-order valence-corrected chi connectivity index (χ4v) is 5.08. The van der Waals surface area contributed by atoms with Crippen molar-refractivity contribution in [1.82, 2.24) is 10.2 Å². The largest absolute Gasteiger partial charge is 0.493 e. The lowest BCUT2D eigenvalue weighted by atomic mass is 10.1. The molecular formula is C20H26N2O6S. The Kier molecular flexibility index (Phi) is 6.56. The third-order valence-corrected chi connectivity index (χ3v) is 6.75. The van der Waals surface area contributed by atoms with Gasteiger partial charge in [-0.05, 0) is 37.5 Å². The van der Waals surface area contributed by atoms with Crippen LogP contribution in [-0.2, 0) is 25.5 Å². The number of amides is 2. The molecule has 0 bridgehead atoms. The van der Waals surface area contributed by atoms with Gasteiger partial charge in [0.15, 0.2) is 18.1 Å². The molecule has 0 spiro atoms. The van der Waals surface area contributed by atoms with E-state index in [1.54, 1.807) is 30.9 Å². The van der Waals surface area contributed by atoms with Gasteiger partial charge >= 0.3 is 5.97 Å². The Morgan fingerprint density at radius 1 is 1.28 bits per heavy atom. The molecule has 2 aliphatic heterocycles. The summed E-state index contributed by atoms with van der Waals surface area (Å²) in [7, 11) is 3.14. The highest BCUT2D eigenvalue weighted by molar-refractivity contribution is 8.01. The molecule has 3 rings (SSSR count). The molecule has 0 saturated carbocycles. The number of benzene rings is 1. The van der Waals surface area contributed by atoms with E-state index in [-0.39, 0.29) is 23.3 Å². The van der Waals surface area contributed by atoms with E-state index in [1.807, 2.05) is 25.1 Å². The molecule has 2 atom stereocenters. The van der Waals surface area contributed by atoms with Crippen LogP contribution < -0.4 is 14.8 Å². The summed E-state index contributed by atoms with van der Waals surface area (Å²) in [6, 6.07) is 4.95. The summed E-state index contributed by atoms with van der Waals surface area (Å²) in [5, 5.41) is 2.73. The Balaban J connectivity index is 1.42. The van der Waals surface area contributed by atoms with Crippen LogP contribution in [-0.4, -0.2) is 66.7 Å². The van der Waals surface area contributed by atoms with E-state index in [2.05, 4.69) is 5.32 Å². The molecule has 0 aromatic heterocycles. The first kappa shape index (κ1) is 21.3. The van der Waals surface area contributed by atoms with Gasteiger partial charge in [0.1, 0.15) is 6.04 Å². The minimum absolute atomic E-state index is 0.0289. The number of hydrogen-bond acceptors (Lipinski definition) is 7. The molecule has 2 fully saturated rings. The van der Waals surface area contributed by atoms with Crippen molar-refractivity contribution in [1.29, 1.82) is 0 Å². The summed E-state index contributed by atoms with van der Waals surface area (Å²) in [6.07, 6.45) is 1.78. The normalized spacial score (nSPS) is 22.9. The van der Waals surface area contributed by atoms with Crippen LogP contribution in [0.3, 0.4) is 0 Å². The van der Waals surface area contributed by atoms with Crippen molar-refractivity contribution in [3.63, 3.8) is 0 Å². The SMILES string of the molecule is COc1ccc(CCNC(=O)COC(=O)[C@H]2CS[C@]3(C)CCC(=O)N23)cc1OC. The maximum atomic E-state index is 12.4. The van der Waals surface area contributed by atoms with Gasteiger partial charge in [0.05, 0.1) is 19.1 Å². The second-order valence-electron chi connectivity index (χ2n) is 7.16. The van der Waals surface area contributed by atoms with Crippen molar-refractivity contribution in [2.75, 3.05) is 33.1 Å². The fourth-order valence-electron chi connectivity index (χ4n) is 3.66. The lowest BCUT2D eigenvalue weighted by Gasteiger charge is -2.29. The van der Waals surface area contributed by atoms with Gasteiger partial charge in [0.2, 0.25) is 5.91 Å². The molecule has 2 amide bonds. The van der Waals surface area contributed by atoms with Crippen LogP contribution in [0.25, 0.3) is 0 Å². The lowest BCUT2D eigenvalue weighted by molar-refractivity contribution is -0.156. The molecule has 2 heterocycles. The Morgan fingerprint density at radius 3 is 2.76 bits per heavy atom. The monoisotopic (exact) mass is 422 g/mol. The maximum absolute atomic E-state index is 12.4. The van der Waals surface area contributed by atoms with E-state index in [9.17, 15) is 14.4 Å². The summed E-state index contributed by atoms with van der Waals surface area (Å²) >= 11 is 1.59. The first-order valence-corrected chi connectivity index (χ1v) is 10.5. The zero-order valence-corrected chi connectivity index (χ0v) is 17.7. The van der Waals surface area contributed by atoms with Crippen LogP contribution in [0.5, 0.6) is 11.5 Å². The van der Waals surface area contributed by atoms with Gasteiger partial charge in [0.25, 0.3) is 5.91 Å². The van der Waals surface area contributed by atoms with E-state index in [4.69, 9.17) is 14.2 Å². The molecule has 1 aromatic carbocycles. The van der Waals surface area contributed by atoms with Crippen LogP contribution >= 0.6 is 11.8 Å².